The lowest BCUT2D eigenvalue weighted by atomic mass is 10.0. The van der Waals surface area contributed by atoms with E-state index in [2.05, 4.69) is 5.32 Å². The summed E-state index contributed by atoms with van der Waals surface area (Å²) in [5.74, 6) is 0.372. The predicted octanol–water partition coefficient (Wildman–Crippen LogP) is 3.71. The van der Waals surface area contributed by atoms with Crippen LogP contribution in [-0.2, 0) is 10.0 Å². The Bertz CT molecular complexity index is 920. The Balaban J connectivity index is 2.20. The molecule has 0 spiro atoms. The lowest BCUT2D eigenvalue weighted by Crippen LogP contribution is -2.50. The third kappa shape index (κ3) is 3.06. The molecule has 0 bridgehead atoms. The van der Waals surface area contributed by atoms with Gasteiger partial charge in [0.2, 0.25) is 0 Å². The van der Waals surface area contributed by atoms with E-state index >= 15 is 0 Å². The number of fused-ring (bicyclic) bond motifs is 1. The molecule has 0 fully saturated rings. The van der Waals surface area contributed by atoms with E-state index in [0.717, 1.165) is 16.8 Å². The number of aryl methyl sites for hydroxylation is 2. The normalized spacial score (nSPS) is 16.1. The molecule has 0 aromatic heterocycles. The highest BCUT2D eigenvalue weighted by Crippen LogP contribution is 2.39. The van der Waals surface area contributed by atoms with Crippen molar-refractivity contribution in [3.8, 4) is 5.75 Å². The van der Waals surface area contributed by atoms with E-state index in [1.54, 1.807) is 12.1 Å². The molecule has 25 heavy (non-hydrogen) atoms. The number of benzene rings is 2. The number of nitrogens with one attached hydrogen (secondary N) is 1. The van der Waals surface area contributed by atoms with Gasteiger partial charge in [0, 0.05) is 0 Å². The second-order valence-corrected chi connectivity index (χ2v) is 8.96. The second-order valence-electron chi connectivity index (χ2n) is 7.13. The van der Waals surface area contributed by atoms with Crippen molar-refractivity contribution < 1.29 is 13.2 Å². The molecule has 0 aliphatic carbocycles. The molecule has 0 radical (unpaired) electrons. The van der Waals surface area contributed by atoms with Crippen LogP contribution in [0.2, 0.25) is 0 Å². The van der Waals surface area contributed by atoms with Crippen molar-refractivity contribution in [1.82, 2.24) is 0 Å². The van der Waals surface area contributed by atoms with Gasteiger partial charge in [0.25, 0.3) is 10.0 Å². The summed E-state index contributed by atoms with van der Waals surface area (Å²) in [7, 11) is -2.26. The molecule has 0 saturated heterocycles. The minimum absolute atomic E-state index is 0.200. The zero-order valence-electron chi connectivity index (χ0n) is 15.3. The van der Waals surface area contributed by atoms with E-state index in [1.165, 1.54) is 11.4 Å². The van der Waals surface area contributed by atoms with Gasteiger partial charge in [0.05, 0.1) is 30.6 Å². The third-order valence-electron chi connectivity index (χ3n) is 4.53. The van der Waals surface area contributed by atoms with Crippen molar-refractivity contribution in [2.24, 2.45) is 0 Å². The van der Waals surface area contributed by atoms with E-state index in [4.69, 9.17) is 4.74 Å². The summed E-state index contributed by atoms with van der Waals surface area (Å²) in [5, 5.41) is 3.40. The van der Waals surface area contributed by atoms with Crippen LogP contribution >= 0.6 is 0 Å². The van der Waals surface area contributed by atoms with Gasteiger partial charge >= 0.3 is 0 Å². The molecule has 6 heteroatoms. The van der Waals surface area contributed by atoms with Gasteiger partial charge in [-0.3, -0.25) is 4.31 Å². The van der Waals surface area contributed by atoms with Crippen molar-refractivity contribution in [2.75, 3.05) is 23.3 Å². The lowest BCUT2D eigenvalue weighted by Gasteiger charge is -2.41. The molecule has 3 rings (SSSR count). The Kier molecular flexibility index (Phi) is 4.19. The summed E-state index contributed by atoms with van der Waals surface area (Å²) in [6, 6.07) is 10.9. The third-order valence-corrected chi connectivity index (χ3v) is 6.31. The molecule has 5 nitrogen and oxygen atoms in total. The maximum Gasteiger partial charge on any atom is 0.268 e. The molecule has 0 atom stereocenters. The van der Waals surface area contributed by atoms with Gasteiger partial charge in [-0.2, -0.15) is 0 Å². The maximum atomic E-state index is 13.5. The van der Waals surface area contributed by atoms with Crippen LogP contribution in [0.3, 0.4) is 0 Å². The number of para-hydroxylation sites is 2. The molecule has 0 saturated carbocycles. The van der Waals surface area contributed by atoms with Gasteiger partial charge in [-0.1, -0.05) is 12.1 Å². The van der Waals surface area contributed by atoms with Crippen LogP contribution in [0, 0.1) is 13.8 Å². The zero-order chi connectivity index (χ0) is 18.4. The van der Waals surface area contributed by atoms with Gasteiger partial charge in [-0.15, -0.1) is 0 Å². The van der Waals surface area contributed by atoms with E-state index < -0.39 is 10.0 Å². The predicted molar refractivity (Wildman–Crippen MR) is 101 cm³/mol. The Hall–Kier alpha value is -2.21. The van der Waals surface area contributed by atoms with Crippen LogP contribution in [0.5, 0.6) is 5.75 Å². The van der Waals surface area contributed by atoms with Crippen LogP contribution in [0.1, 0.15) is 25.0 Å². The first-order valence-electron chi connectivity index (χ1n) is 8.21. The standard InChI is InChI=1S/C19H24N2O3S/c1-13-10-17(24-5)18(11-14(13)2)25(22,23)21-12-19(3,4)20-15-8-6-7-9-16(15)21/h6-11,20H,12H2,1-5H3. The first-order valence-corrected chi connectivity index (χ1v) is 9.65. The first kappa shape index (κ1) is 17.6. The van der Waals surface area contributed by atoms with E-state index in [1.807, 2.05) is 52.0 Å². The minimum Gasteiger partial charge on any atom is -0.495 e. The molecule has 1 aliphatic rings. The zero-order valence-corrected chi connectivity index (χ0v) is 16.1. The largest absolute Gasteiger partial charge is 0.495 e. The Morgan fingerprint density at radius 3 is 2.44 bits per heavy atom. The highest BCUT2D eigenvalue weighted by molar-refractivity contribution is 7.93. The summed E-state index contributed by atoms with van der Waals surface area (Å²) < 4.78 is 33.9. The van der Waals surface area contributed by atoms with Gasteiger partial charge in [0.15, 0.2) is 0 Å². The lowest BCUT2D eigenvalue weighted by molar-refractivity contribution is 0.402. The van der Waals surface area contributed by atoms with Gasteiger partial charge in [-0.25, -0.2) is 8.42 Å². The summed E-state index contributed by atoms with van der Waals surface area (Å²) in [5.41, 5.74) is 3.00. The van der Waals surface area contributed by atoms with Crippen LogP contribution in [0.4, 0.5) is 11.4 Å². The number of ether oxygens (including phenoxy) is 1. The molecular weight excluding hydrogens is 336 g/mol. The van der Waals surface area contributed by atoms with Crippen molar-refractivity contribution in [2.45, 2.75) is 38.1 Å². The summed E-state index contributed by atoms with van der Waals surface area (Å²) in [6.45, 7) is 8.16. The van der Waals surface area contributed by atoms with Crippen molar-refractivity contribution in [3.63, 3.8) is 0 Å². The maximum absolute atomic E-state index is 13.5. The Morgan fingerprint density at radius 2 is 1.76 bits per heavy atom. The molecule has 2 aromatic carbocycles. The second kappa shape index (κ2) is 5.95. The van der Waals surface area contributed by atoms with Gasteiger partial charge in [-0.05, 0) is 63.1 Å². The van der Waals surface area contributed by atoms with E-state index in [0.29, 0.717) is 18.0 Å². The molecule has 0 unspecified atom stereocenters. The average molecular weight is 360 g/mol. The van der Waals surface area contributed by atoms with Crippen LogP contribution < -0.4 is 14.4 Å². The highest BCUT2D eigenvalue weighted by atomic mass is 32.2. The number of rotatable bonds is 3. The van der Waals surface area contributed by atoms with Crippen LogP contribution in [0.15, 0.2) is 41.3 Å². The van der Waals surface area contributed by atoms with E-state index in [9.17, 15) is 8.42 Å². The van der Waals surface area contributed by atoms with Crippen molar-refractivity contribution >= 4 is 21.4 Å². The quantitative estimate of drug-likeness (QED) is 0.906. The minimum atomic E-state index is -3.76. The number of hydrogen-bond donors (Lipinski definition) is 1. The van der Waals surface area contributed by atoms with Crippen molar-refractivity contribution in [3.05, 3.63) is 47.5 Å². The Morgan fingerprint density at radius 1 is 1.12 bits per heavy atom. The number of sulfonamides is 1. The van der Waals surface area contributed by atoms with Crippen LogP contribution in [0.25, 0.3) is 0 Å². The molecule has 134 valence electrons. The number of anilines is 2. The molecule has 1 aliphatic heterocycles. The monoisotopic (exact) mass is 360 g/mol. The first-order chi connectivity index (χ1) is 11.7. The number of nitrogens with zero attached hydrogens (tertiary/aromatic N) is 1. The molecule has 1 heterocycles. The summed E-state index contributed by atoms with van der Waals surface area (Å²) in [6.07, 6.45) is 0. The van der Waals surface area contributed by atoms with Gasteiger partial charge < -0.3 is 10.1 Å². The van der Waals surface area contributed by atoms with Crippen LogP contribution in [-0.4, -0.2) is 27.6 Å². The Labute approximate surface area is 149 Å². The molecule has 0 amide bonds. The molecule has 2 aromatic rings. The summed E-state index contributed by atoms with van der Waals surface area (Å²) in [4.78, 5) is 0.200. The van der Waals surface area contributed by atoms with E-state index in [-0.39, 0.29) is 10.4 Å². The molecular formula is C19H24N2O3S. The summed E-state index contributed by atoms with van der Waals surface area (Å²) >= 11 is 0. The van der Waals surface area contributed by atoms with Crippen molar-refractivity contribution in [1.29, 1.82) is 0 Å². The number of hydrogen-bond acceptors (Lipinski definition) is 4. The SMILES string of the molecule is COc1cc(C)c(C)cc1S(=O)(=O)N1CC(C)(C)Nc2ccccc21. The fourth-order valence-electron chi connectivity index (χ4n) is 3.10. The topological polar surface area (TPSA) is 58.6 Å². The van der Waals surface area contributed by atoms with Gasteiger partial charge in [0.1, 0.15) is 10.6 Å². The number of methoxy groups -OCH3 is 1. The fraction of sp³-hybridized carbons (Fsp3) is 0.368. The smallest absolute Gasteiger partial charge is 0.268 e. The highest BCUT2D eigenvalue weighted by Gasteiger charge is 2.38. The average Bonchev–Trinajstić information content (AvgIpc) is 2.55. The fourth-order valence-corrected chi connectivity index (χ4v) is 4.97. The molecule has 1 N–H and O–H groups in total.